The molecule has 0 saturated carbocycles. The van der Waals surface area contributed by atoms with E-state index in [1.165, 1.54) is 21.6 Å². The predicted molar refractivity (Wildman–Crippen MR) is 105 cm³/mol. The normalized spacial score (nSPS) is 15.2. The smallest absolute Gasteiger partial charge is 0.0184 e. The van der Waals surface area contributed by atoms with Crippen LogP contribution < -0.4 is 10.4 Å². The molecule has 0 nitrogen and oxygen atoms in total. The van der Waals surface area contributed by atoms with Crippen molar-refractivity contribution >= 4 is 12.2 Å². The van der Waals surface area contributed by atoms with Gasteiger partial charge in [-0.2, -0.15) is 0 Å². The zero-order chi connectivity index (χ0) is 16.5. The fourth-order valence-corrected chi connectivity index (χ4v) is 2.51. The average molecular weight is 308 g/mol. The van der Waals surface area contributed by atoms with Crippen LogP contribution in [-0.4, -0.2) is 0 Å². The van der Waals surface area contributed by atoms with Crippen molar-refractivity contribution in [2.75, 3.05) is 0 Å². The fraction of sp³-hybridized carbons (Fsp3) is 0. The molecule has 2 aliphatic rings. The minimum Gasteiger partial charge on any atom is -0.0623 e. The first-order valence-corrected chi connectivity index (χ1v) is 8.14. The van der Waals surface area contributed by atoms with Gasteiger partial charge < -0.3 is 0 Å². The summed E-state index contributed by atoms with van der Waals surface area (Å²) in [7, 11) is 0. The topological polar surface area (TPSA) is 0 Å². The molecule has 0 fully saturated rings. The highest BCUT2D eigenvalue weighted by molar-refractivity contribution is 5.59. The van der Waals surface area contributed by atoms with Crippen molar-refractivity contribution in [3.63, 3.8) is 0 Å². The van der Waals surface area contributed by atoms with E-state index >= 15 is 0 Å². The third kappa shape index (κ3) is 4.44. The van der Waals surface area contributed by atoms with Crippen molar-refractivity contribution in [1.29, 1.82) is 0 Å². The van der Waals surface area contributed by atoms with Gasteiger partial charge in [0, 0.05) is 0 Å². The van der Waals surface area contributed by atoms with E-state index < -0.39 is 0 Å². The summed E-state index contributed by atoms with van der Waals surface area (Å²) in [5, 5.41) is 2.37. The third-order valence-corrected chi connectivity index (χ3v) is 3.76. The van der Waals surface area contributed by atoms with Gasteiger partial charge in [0.05, 0.1) is 0 Å². The third-order valence-electron chi connectivity index (χ3n) is 3.76. The Bertz CT molecular complexity index is 943. The van der Waals surface area contributed by atoms with E-state index in [9.17, 15) is 0 Å². The van der Waals surface area contributed by atoms with Gasteiger partial charge in [-0.3, -0.25) is 0 Å². The van der Waals surface area contributed by atoms with Crippen LogP contribution in [0.3, 0.4) is 0 Å². The summed E-state index contributed by atoms with van der Waals surface area (Å²) in [6.45, 7) is 0. The SMILES string of the molecule is C1=CC=CC2=CC=c3ccccccccc3=CC=CC2=CC=C1. The second kappa shape index (κ2) is 8.50. The minimum atomic E-state index is 1.18. The van der Waals surface area contributed by atoms with Crippen LogP contribution in [0.5, 0.6) is 0 Å². The Morgan fingerprint density at radius 3 is 1.79 bits per heavy atom. The highest BCUT2D eigenvalue weighted by atomic mass is 14.0. The van der Waals surface area contributed by atoms with Gasteiger partial charge >= 0.3 is 0 Å². The predicted octanol–water partition coefficient (Wildman–Crippen LogP) is 4.48. The molecule has 1 aromatic rings. The van der Waals surface area contributed by atoms with Crippen LogP contribution in [0.15, 0.2) is 120 Å². The summed E-state index contributed by atoms with van der Waals surface area (Å²) in [4.78, 5) is 0. The second-order valence-electron chi connectivity index (χ2n) is 5.46. The van der Waals surface area contributed by atoms with Crippen LogP contribution in [0.1, 0.15) is 0 Å². The lowest BCUT2D eigenvalue weighted by Crippen LogP contribution is -2.21. The second-order valence-corrected chi connectivity index (χ2v) is 5.46. The molecule has 0 bridgehead atoms. The molecule has 0 heterocycles. The molecule has 2 aliphatic carbocycles. The summed E-state index contributed by atoms with van der Waals surface area (Å²) >= 11 is 0. The van der Waals surface area contributed by atoms with Crippen LogP contribution in [0.25, 0.3) is 12.2 Å². The number of rotatable bonds is 0. The molecule has 0 spiro atoms. The molecule has 24 heavy (non-hydrogen) atoms. The van der Waals surface area contributed by atoms with Crippen LogP contribution in [0, 0.1) is 0 Å². The molecule has 0 saturated heterocycles. The van der Waals surface area contributed by atoms with Crippen molar-refractivity contribution in [3.05, 3.63) is 131 Å². The highest BCUT2D eigenvalue weighted by Gasteiger charge is 1.98. The lowest BCUT2D eigenvalue weighted by Gasteiger charge is -2.01. The van der Waals surface area contributed by atoms with E-state index in [1.807, 2.05) is 42.5 Å². The lowest BCUT2D eigenvalue weighted by atomic mass is 10.0. The maximum atomic E-state index is 2.18. The highest BCUT2D eigenvalue weighted by Crippen LogP contribution is 2.15. The first kappa shape index (κ1) is 15.8. The summed E-state index contributed by atoms with van der Waals surface area (Å²) in [5.74, 6) is 0. The van der Waals surface area contributed by atoms with Gasteiger partial charge in [-0.05, 0) is 21.6 Å². The minimum absolute atomic E-state index is 1.18. The molecule has 0 aliphatic heterocycles. The first-order chi connectivity index (χ1) is 11.9. The van der Waals surface area contributed by atoms with Gasteiger partial charge in [0.15, 0.2) is 0 Å². The maximum absolute atomic E-state index is 2.18. The zero-order valence-electron chi connectivity index (χ0n) is 13.5. The molecule has 0 N–H and O–H groups in total. The molecule has 0 atom stereocenters. The summed E-state index contributed by atoms with van der Waals surface area (Å²) < 4.78 is 0. The Hall–Kier alpha value is -3.12. The number of allylic oxidation sites excluding steroid dienone is 12. The van der Waals surface area contributed by atoms with E-state index in [1.54, 1.807) is 0 Å². The number of hydrogen-bond acceptors (Lipinski definition) is 0. The van der Waals surface area contributed by atoms with Crippen molar-refractivity contribution in [2.24, 2.45) is 0 Å². The molecular weight excluding hydrogens is 288 g/mol. The van der Waals surface area contributed by atoms with E-state index in [4.69, 9.17) is 0 Å². The van der Waals surface area contributed by atoms with E-state index in [2.05, 4.69) is 78.9 Å². The quantitative estimate of drug-likeness (QED) is 0.663. The summed E-state index contributed by atoms with van der Waals surface area (Å²) in [5.41, 5.74) is 2.38. The molecule has 0 heteroatoms. The maximum Gasteiger partial charge on any atom is -0.0184 e. The Morgan fingerprint density at radius 1 is 0.375 bits per heavy atom. The van der Waals surface area contributed by atoms with Crippen LogP contribution in [0.2, 0.25) is 0 Å². The summed E-state index contributed by atoms with van der Waals surface area (Å²) in [6.07, 6.45) is 25.3. The van der Waals surface area contributed by atoms with Gasteiger partial charge in [-0.25, -0.2) is 0 Å². The molecular formula is C24H20. The lowest BCUT2D eigenvalue weighted by molar-refractivity contribution is 1.54. The molecule has 0 aromatic heterocycles. The average Bonchev–Trinajstić information content (AvgIpc) is 2.75. The van der Waals surface area contributed by atoms with E-state index in [0.29, 0.717) is 0 Å². The van der Waals surface area contributed by atoms with E-state index in [-0.39, 0.29) is 0 Å². The number of fused-ring (bicyclic) bond motifs is 2. The molecule has 0 amide bonds. The van der Waals surface area contributed by atoms with E-state index in [0.717, 1.165) is 0 Å². The van der Waals surface area contributed by atoms with Crippen LogP contribution in [0.4, 0.5) is 0 Å². The fourth-order valence-electron chi connectivity index (χ4n) is 2.51. The Labute approximate surface area is 143 Å². The Kier molecular flexibility index (Phi) is 5.58. The van der Waals surface area contributed by atoms with Crippen LogP contribution >= 0.6 is 0 Å². The Morgan fingerprint density at radius 2 is 0.958 bits per heavy atom. The largest absolute Gasteiger partial charge is 0.0623 e. The monoisotopic (exact) mass is 308 g/mol. The first-order valence-electron chi connectivity index (χ1n) is 8.14. The molecule has 3 rings (SSSR count). The Balaban J connectivity index is 2.27. The van der Waals surface area contributed by atoms with Crippen molar-refractivity contribution in [2.45, 2.75) is 0 Å². The molecule has 0 unspecified atom stereocenters. The van der Waals surface area contributed by atoms with Crippen molar-refractivity contribution < 1.29 is 0 Å². The van der Waals surface area contributed by atoms with Crippen molar-refractivity contribution in [1.82, 2.24) is 0 Å². The molecule has 116 valence electrons. The molecule has 1 aromatic carbocycles. The van der Waals surface area contributed by atoms with Crippen molar-refractivity contribution in [3.8, 4) is 0 Å². The summed E-state index contributed by atoms with van der Waals surface area (Å²) in [6, 6.07) is 16.6. The van der Waals surface area contributed by atoms with Gasteiger partial charge in [0.1, 0.15) is 0 Å². The standard InChI is InChI=1S/C24H20/c1-2-5-10-15-23-19-20-24-16-11-7-3-6-9-14-22(24)18-12-17-21(23)13-8-4-1/h1-20H. The van der Waals surface area contributed by atoms with Gasteiger partial charge in [0.2, 0.25) is 0 Å². The zero-order valence-corrected chi connectivity index (χ0v) is 13.5. The van der Waals surface area contributed by atoms with Gasteiger partial charge in [-0.1, -0.05) is 121 Å². The molecule has 0 radical (unpaired) electrons. The van der Waals surface area contributed by atoms with Crippen LogP contribution in [-0.2, 0) is 0 Å². The van der Waals surface area contributed by atoms with Gasteiger partial charge in [0.25, 0.3) is 0 Å². The van der Waals surface area contributed by atoms with Gasteiger partial charge in [-0.15, -0.1) is 0 Å². The number of hydrogen-bond donors (Lipinski definition) is 0.